The number of nitrogens with two attached hydrogens (primary N) is 1. The van der Waals surface area contributed by atoms with Crippen molar-refractivity contribution in [2.24, 2.45) is 5.73 Å². The Morgan fingerprint density at radius 1 is 1.27 bits per heavy atom. The van der Waals surface area contributed by atoms with Gasteiger partial charge in [-0.3, -0.25) is 14.4 Å². The Hall–Kier alpha value is -2.41. The van der Waals surface area contributed by atoms with Crippen LogP contribution in [-0.4, -0.2) is 48.8 Å². The zero-order valence-electron chi connectivity index (χ0n) is 12.3. The molecule has 0 saturated carbocycles. The third-order valence-electron chi connectivity index (χ3n) is 3.38. The number of benzene rings is 1. The highest BCUT2D eigenvalue weighted by atomic mass is 16.2. The molecule has 7 nitrogen and oxygen atoms in total. The van der Waals surface area contributed by atoms with Crippen LogP contribution in [0.5, 0.6) is 0 Å². The first-order valence-electron chi connectivity index (χ1n) is 7.26. The molecule has 1 aliphatic rings. The minimum atomic E-state index is -0.311. The number of carbonyl (C=O) groups excluding carboxylic acids is 3. The smallest absolute Gasteiger partial charge is 0.253 e. The predicted octanol–water partition coefficient (Wildman–Crippen LogP) is -0.0640. The lowest BCUT2D eigenvalue weighted by molar-refractivity contribution is -0.131. The summed E-state index contributed by atoms with van der Waals surface area (Å²) in [5.41, 5.74) is 6.15. The summed E-state index contributed by atoms with van der Waals surface area (Å²) >= 11 is 0. The fourth-order valence-corrected chi connectivity index (χ4v) is 2.31. The second-order valence-electron chi connectivity index (χ2n) is 5.06. The number of likely N-dealkylation sites (tertiary alicyclic amines) is 1. The molecule has 2 rings (SSSR count). The minimum Gasteiger partial charge on any atom is -0.351 e. The van der Waals surface area contributed by atoms with Gasteiger partial charge in [0.2, 0.25) is 11.8 Å². The van der Waals surface area contributed by atoms with E-state index in [1.807, 2.05) is 0 Å². The van der Waals surface area contributed by atoms with Crippen LogP contribution in [0.1, 0.15) is 23.2 Å². The lowest BCUT2D eigenvalue weighted by Gasteiger charge is -2.16. The molecular weight excluding hydrogens is 284 g/mol. The first-order chi connectivity index (χ1) is 10.6. The molecule has 0 aliphatic carbocycles. The quantitative estimate of drug-likeness (QED) is 0.684. The first kappa shape index (κ1) is 16.0. The maximum absolute atomic E-state index is 12.0. The maximum Gasteiger partial charge on any atom is 0.253 e. The molecular formula is C15H20N4O3. The van der Waals surface area contributed by atoms with Gasteiger partial charge in [-0.15, -0.1) is 0 Å². The molecule has 0 radical (unpaired) electrons. The summed E-state index contributed by atoms with van der Waals surface area (Å²) in [4.78, 5) is 37.1. The topological polar surface area (TPSA) is 105 Å². The van der Waals surface area contributed by atoms with Crippen LogP contribution in [-0.2, 0) is 9.59 Å². The van der Waals surface area contributed by atoms with Crippen LogP contribution < -0.4 is 16.4 Å². The number of amides is 3. The Morgan fingerprint density at radius 3 is 2.73 bits per heavy atom. The standard InChI is InChI=1S/C15H20N4O3/c16-7-8-17-15(22)11-4-1-2-5-12(11)18-13(20)10-19-9-3-6-14(19)21/h1-2,4-5H,3,6-10,16H2,(H,17,22)(H,18,20). The van der Waals surface area contributed by atoms with Crippen molar-refractivity contribution in [2.75, 3.05) is 31.5 Å². The minimum absolute atomic E-state index is 0.0101. The predicted molar refractivity (Wildman–Crippen MR) is 82.3 cm³/mol. The normalized spacial score (nSPS) is 14.0. The second-order valence-corrected chi connectivity index (χ2v) is 5.06. The van der Waals surface area contributed by atoms with E-state index in [9.17, 15) is 14.4 Å². The van der Waals surface area contributed by atoms with E-state index in [2.05, 4.69) is 10.6 Å². The number of hydrogen-bond acceptors (Lipinski definition) is 4. The number of carbonyl (C=O) groups is 3. The van der Waals surface area contributed by atoms with Gasteiger partial charge in [0, 0.05) is 26.1 Å². The number of hydrogen-bond donors (Lipinski definition) is 3. The van der Waals surface area contributed by atoms with E-state index < -0.39 is 0 Å². The van der Waals surface area contributed by atoms with Gasteiger partial charge in [0.15, 0.2) is 0 Å². The summed E-state index contributed by atoms with van der Waals surface area (Å²) in [6, 6.07) is 6.73. The van der Waals surface area contributed by atoms with Gasteiger partial charge in [0.25, 0.3) is 5.91 Å². The molecule has 1 fully saturated rings. The van der Waals surface area contributed by atoms with Gasteiger partial charge in [0.05, 0.1) is 17.8 Å². The van der Waals surface area contributed by atoms with Crippen molar-refractivity contribution in [3.63, 3.8) is 0 Å². The average molecular weight is 304 g/mol. The van der Waals surface area contributed by atoms with Crippen molar-refractivity contribution in [1.82, 2.24) is 10.2 Å². The molecule has 1 aromatic carbocycles. The molecule has 0 aromatic heterocycles. The lowest BCUT2D eigenvalue weighted by Crippen LogP contribution is -2.35. The highest BCUT2D eigenvalue weighted by molar-refractivity contribution is 6.04. The third-order valence-corrected chi connectivity index (χ3v) is 3.38. The summed E-state index contributed by atoms with van der Waals surface area (Å²) in [6.07, 6.45) is 1.27. The van der Waals surface area contributed by atoms with Crippen LogP contribution in [0.2, 0.25) is 0 Å². The SMILES string of the molecule is NCCNC(=O)c1ccccc1NC(=O)CN1CCCC1=O. The average Bonchev–Trinajstić information content (AvgIpc) is 2.90. The van der Waals surface area contributed by atoms with Crippen LogP contribution in [0.15, 0.2) is 24.3 Å². The highest BCUT2D eigenvalue weighted by Gasteiger charge is 2.22. The van der Waals surface area contributed by atoms with Gasteiger partial charge in [0.1, 0.15) is 0 Å². The number of para-hydroxylation sites is 1. The van der Waals surface area contributed by atoms with Crippen molar-refractivity contribution >= 4 is 23.4 Å². The van der Waals surface area contributed by atoms with Crippen molar-refractivity contribution in [2.45, 2.75) is 12.8 Å². The van der Waals surface area contributed by atoms with Gasteiger partial charge in [-0.25, -0.2) is 0 Å². The number of nitrogens with one attached hydrogen (secondary N) is 2. The van der Waals surface area contributed by atoms with Crippen molar-refractivity contribution < 1.29 is 14.4 Å². The molecule has 1 saturated heterocycles. The molecule has 0 atom stereocenters. The lowest BCUT2D eigenvalue weighted by atomic mass is 10.1. The van der Waals surface area contributed by atoms with Gasteiger partial charge >= 0.3 is 0 Å². The maximum atomic E-state index is 12.0. The van der Waals surface area contributed by atoms with Crippen LogP contribution in [0.25, 0.3) is 0 Å². The summed E-state index contributed by atoms with van der Waals surface area (Å²) < 4.78 is 0. The molecule has 7 heteroatoms. The Balaban J connectivity index is 2.01. The second kappa shape index (κ2) is 7.56. The molecule has 3 amide bonds. The van der Waals surface area contributed by atoms with E-state index in [0.717, 1.165) is 6.42 Å². The Kier molecular flexibility index (Phi) is 5.48. The largest absolute Gasteiger partial charge is 0.351 e. The van der Waals surface area contributed by atoms with E-state index in [0.29, 0.717) is 37.3 Å². The number of nitrogens with zero attached hydrogens (tertiary/aromatic N) is 1. The van der Waals surface area contributed by atoms with E-state index in [1.54, 1.807) is 24.3 Å². The van der Waals surface area contributed by atoms with E-state index in [4.69, 9.17) is 5.73 Å². The van der Waals surface area contributed by atoms with Crippen LogP contribution >= 0.6 is 0 Å². The monoisotopic (exact) mass is 304 g/mol. The Labute approximate surface area is 128 Å². The molecule has 1 heterocycles. The van der Waals surface area contributed by atoms with E-state index >= 15 is 0 Å². The zero-order chi connectivity index (χ0) is 15.9. The first-order valence-corrected chi connectivity index (χ1v) is 7.26. The molecule has 0 spiro atoms. The molecule has 1 aromatic rings. The van der Waals surface area contributed by atoms with Crippen molar-refractivity contribution in [3.8, 4) is 0 Å². The zero-order valence-corrected chi connectivity index (χ0v) is 12.3. The fourth-order valence-electron chi connectivity index (χ4n) is 2.31. The molecule has 1 aliphatic heterocycles. The Bertz CT molecular complexity index is 574. The number of rotatable bonds is 6. The molecule has 0 unspecified atom stereocenters. The summed E-state index contributed by atoms with van der Waals surface area (Å²) in [6.45, 7) is 1.32. The summed E-state index contributed by atoms with van der Waals surface area (Å²) in [5.74, 6) is -0.614. The molecule has 0 bridgehead atoms. The highest BCUT2D eigenvalue weighted by Crippen LogP contribution is 2.15. The van der Waals surface area contributed by atoms with Gasteiger partial charge in [-0.2, -0.15) is 0 Å². The van der Waals surface area contributed by atoms with E-state index in [1.165, 1.54) is 4.90 Å². The van der Waals surface area contributed by atoms with Gasteiger partial charge < -0.3 is 21.3 Å². The van der Waals surface area contributed by atoms with Crippen LogP contribution in [0, 0.1) is 0 Å². The molecule has 4 N–H and O–H groups in total. The summed E-state index contributed by atoms with van der Waals surface area (Å²) in [7, 11) is 0. The molecule has 118 valence electrons. The van der Waals surface area contributed by atoms with Gasteiger partial charge in [-0.1, -0.05) is 12.1 Å². The van der Waals surface area contributed by atoms with Crippen LogP contribution in [0.4, 0.5) is 5.69 Å². The van der Waals surface area contributed by atoms with Crippen molar-refractivity contribution in [3.05, 3.63) is 29.8 Å². The van der Waals surface area contributed by atoms with Crippen molar-refractivity contribution in [1.29, 1.82) is 0 Å². The molecule has 22 heavy (non-hydrogen) atoms. The fraction of sp³-hybridized carbons (Fsp3) is 0.400. The van der Waals surface area contributed by atoms with E-state index in [-0.39, 0.29) is 24.3 Å². The van der Waals surface area contributed by atoms with Crippen LogP contribution in [0.3, 0.4) is 0 Å². The number of anilines is 1. The third kappa shape index (κ3) is 4.05. The summed E-state index contributed by atoms with van der Waals surface area (Å²) in [5, 5.41) is 5.35. The van der Waals surface area contributed by atoms with Gasteiger partial charge in [-0.05, 0) is 18.6 Å². The Morgan fingerprint density at radius 2 is 2.05 bits per heavy atom.